The summed E-state index contributed by atoms with van der Waals surface area (Å²) in [5.41, 5.74) is 0.410. The summed E-state index contributed by atoms with van der Waals surface area (Å²) < 4.78 is 5.35. The number of aliphatic hydroxyl groups is 2. The van der Waals surface area contributed by atoms with Crippen LogP contribution < -0.4 is 0 Å². The van der Waals surface area contributed by atoms with Gasteiger partial charge in [0.15, 0.2) is 5.78 Å². The van der Waals surface area contributed by atoms with Crippen LogP contribution in [0.15, 0.2) is 24.3 Å². The highest BCUT2D eigenvalue weighted by molar-refractivity contribution is 6.02. The number of hydrogen-bond donors (Lipinski definition) is 2. The van der Waals surface area contributed by atoms with Crippen molar-refractivity contribution >= 4 is 5.78 Å². The fourth-order valence-electron chi connectivity index (χ4n) is 2.94. The third-order valence-corrected chi connectivity index (χ3v) is 4.19. The molecule has 0 spiro atoms. The van der Waals surface area contributed by atoms with Gasteiger partial charge in [0.05, 0.1) is 19.3 Å². The lowest BCUT2D eigenvalue weighted by molar-refractivity contribution is 0.0116. The third-order valence-electron chi connectivity index (χ3n) is 4.19. The van der Waals surface area contributed by atoms with Crippen molar-refractivity contribution < 1.29 is 19.7 Å². The number of hydrogen-bond acceptors (Lipinski definition) is 4. The van der Waals surface area contributed by atoms with E-state index < -0.39 is 11.7 Å². The van der Waals surface area contributed by atoms with Crippen molar-refractivity contribution in [2.45, 2.75) is 57.2 Å². The van der Waals surface area contributed by atoms with Crippen LogP contribution in [-0.2, 0) is 11.2 Å². The molecule has 1 aromatic rings. The van der Waals surface area contributed by atoms with Crippen LogP contribution in [0, 0.1) is 0 Å². The maximum absolute atomic E-state index is 12.6. The minimum absolute atomic E-state index is 0.154. The molecule has 22 heavy (non-hydrogen) atoms. The second kappa shape index (κ2) is 7.86. The first kappa shape index (κ1) is 17.1. The topological polar surface area (TPSA) is 66.8 Å². The smallest absolute Gasteiger partial charge is 0.194 e. The SMILES string of the molecule is CC(O)COCCc1cccc(C(=O)C2(O)CCCCC2)c1. The van der Waals surface area contributed by atoms with Crippen LogP contribution in [0.2, 0.25) is 0 Å². The Hall–Kier alpha value is -1.23. The summed E-state index contributed by atoms with van der Waals surface area (Å²) in [6, 6.07) is 7.42. The van der Waals surface area contributed by atoms with Crippen LogP contribution in [0.3, 0.4) is 0 Å². The molecule has 0 bridgehead atoms. The molecule has 1 atom stereocenters. The Kier molecular flexibility index (Phi) is 6.12. The number of carbonyl (C=O) groups excluding carboxylic acids is 1. The molecule has 0 amide bonds. The predicted molar refractivity (Wildman–Crippen MR) is 85.0 cm³/mol. The molecule has 2 N–H and O–H groups in total. The molecule has 0 radical (unpaired) electrons. The second-order valence-electron chi connectivity index (χ2n) is 6.30. The van der Waals surface area contributed by atoms with Gasteiger partial charge in [0.25, 0.3) is 0 Å². The van der Waals surface area contributed by atoms with Crippen LogP contribution in [0.4, 0.5) is 0 Å². The zero-order chi connectivity index (χ0) is 16.0. The molecule has 4 nitrogen and oxygen atoms in total. The summed E-state index contributed by atoms with van der Waals surface area (Å²) in [5, 5.41) is 19.7. The number of Topliss-reactive ketones (excluding diaryl/α,β-unsaturated/α-hetero) is 1. The molecule has 2 rings (SSSR count). The maximum Gasteiger partial charge on any atom is 0.194 e. The molecule has 1 aromatic carbocycles. The average Bonchev–Trinajstić information content (AvgIpc) is 2.52. The van der Waals surface area contributed by atoms with Crippen molar-refractivity contribution in [2.75, 3.05) is 13.2 Å². The highest BCUT2D eigenvalue weighted by atomic mass is 16.5. The first-order valence-corrected chi connectivity index (χ1v) is 8.13. The van der Waals surface area contributed by atoms with E-state index in [4.69, 9.17) is 9.84 Å². The molecule has 0 aromatic heterocycles. The van der Waals surface area contributed by atoms with E-state index in [0.29, 0.717) is 38.0 Å². The first-order chi connectivity index (χ1) is 10.5. The third kappa shape index (κ3) is 4.63. The van der Waals surface area contributed by atoms with Gasteiger partial charge in [0.2, 0.25) is 0 Å². The number of aliphatic hydroxyl groups excluding tert-OH is 1. The standard InChI is InChI=1S/C18H26O4/c1-14(19)13-22-11-8-15-6-5-7-16(12-15)17(20)18(21)9-3-2-4-10-18/h5-7,12,14,19,21H,2-4,8-11,13H2,1H3. The molecule has 0 aliphatic heterocycles. The van der Waals surface area contributed by atoms with Crippen LogP contribution in [-0.4, -0.2) is 40.9 Å². The molecule has 122 valence electrons. The van der Waals surface area contributed by atoms with E-state index in [0.717, 1.165) is 24.8 Å². The van der Waals surface area contributed by atoms with Gasteiger partial charge in [-0.15, -0.1) is 0 Å². The highest BCUT2D eigenvalue weighted by Crippen LogP contribution is 2.31. The largest absolute Gasteiger partial charge is 0.391 e. The van der Waals surface area contributed by atoms with E-state index in [1.54, 1.807) is 13.0 Å². The number of ether oxygens (including phenoxy) is 1. The summed E-state index contributed by atoms with van der Waals surface area (Å²) >= 11 is 0. The minimum Gasteiger partial charge on any atom is -0.391 e. The van der Waals surface area contributed by atoms with Crippen molar-refractivity contribution in [2.24, 2.45) is 0 Å². The van der Waals surface area contributed by atoms with Gasteiger partial charge in [-0.2, -0.15) is 0 Å². The Labute approximate surface area is 132 Å². The first-order valence-electron chi connectivity index (χ1n) is 8.13. The van der Waals surface area contributed by atoms with E-state index >= 15 is 0 Å². The normalized spacial score (nSPS) is 18.9. The molecular weight excluding hydrogens is 280 g/mol. The summed E-state index contributed by atoms with van der Waals surface area (Å²) in [4.78, 5) is 12.6. The minimum atomic E-state index is -1.18. The van der Waals surface area contributed by atoms with E-state index in [2.05, 4.69) is 0 Å². The summed E-state index contributed by atoms with van der Waals surface area (Å²) in [6.07, 6.45) is 4.27. The fourth-order valence-corrected chi connectivity index (χ4v) is 2.94. The van der Waals surface area contributed by atoms with Gasteiger partial charge in [-0.05, 0) is 37.8 Å². The second-order valence-corrected chi connectivity index (χ2v) is 6.30. The number of benzene rings is 1. The van der Waals surface area contributed by atoms with Crippen molar-refractivity contribution in [3.05, 3.63) is 35.4 Å². The van der Waals surface area contributed by atoms with Crippen LogP contribution in [0.1, 0.15) is 54.9 Å². The lowest BCUT2D eigenvalue weighted by atomic mass is 9.79. The Morgan fingerprint density at radius 3 is 2.73 bits per heavy atom. The van der Waals surface area contributed by atoms with E-state index in [1.807, 2.05) is 18.2 Å². The predicted octanol–water partition coefficient (Wildman–Crippen LogP) is 2.50. The van der Waals surface area contributed by atoms with Gasteiger partial charge in [-0.3, -0.25) is 4.79 Å². The maximum atomic E-state index is 12.6. The lowest BCUT2D eigenvalue weighted by Crippen LogP contribution is -2.40. The Balaban J connectivity index is 1.97. The number of carbonyl (C=O) groups is 1. The highest BCUT2D eigenvalue weighted by Gasteiger charge is 2.37. The zero-order valence-corrected chi connectivity index (χ0v) is 13.3. The molecule has 1 unspecified atom stereocenters. The van der Waals surface area contributed by atoms with Crippen LogP contribution >= 0.6 is 0 Å². The summed E-state index contributed by atoms with van der Waals surface area (Å²) in [6.45, 7) is 2.51. The molecular formula is C18H26O4. The van der Waals surface area contributed by atoms with Crippen LogP contribution in [0.5, 0.6) is 0 Å². The summed E-state index contributed by atoms with van der Waals surface area (Å²) in [7, 11) is 0. The number of rotatable bonds is 7. The zero-order valence-electron chi connectivity index (χ0n) is 13.3. The fraction of sp³-hybridized carbons (Fsp3) is 0.611. The molecule has 4 heteroatoms. The van der Waals surface area contributed by atoms with Gasteiger partial charge < -0.3 is 14.9 Å². The lowest BCUT2D eigenvalue weighted by Gasteiger charge is -2.30. The Bertz CT molecular complexity index is 490. The van der Waals surface area contributed by atoms with Gasteiger partial charge in [-0.1, -0.05) is 37.5 Å². The van der Waals surface area contributed by atoms with Gasteiger partial charge >= 0.3 is 0 Å². The van der Waals surface area contributed by atoms with Gasteiger partial charge in [0.1, 0.15) is 5.60 Å². The average molecular weight is 306 g/mol. The quantitative estimate of drug-likeness (QED) is 0.600. The molecule has 1 fully saturated rings. The molecule has 1 aliphatic carbocycles. The van der Waals surface area contributed by atoms with E-state index in [1.165, 1.54) is 0 Å². The van der Waals surface area contributed by atoms with Crippen LogP contribution in [0.25, 0.3) is 0 Å². The monoisotopic (exact) mass is 306 g/mol. The van der Waals surface area contributed by atoms with Crippen molar-refractivity contribution in [1.82, 2.24) is 0 Å². The van der Waals surface area contributed by atoms with Gasteiger partial charge in [0, 0.05) is 5.56 Å². The van der Waals surface area contributed by atoms with Crippen molar-refractivity contribution in [3.63, 3.8) is 0 Å². The van der Waals surface area contributed by atoms with Crippen molar-refractivity contribution in [1.29, 1.82) is 0 Å². The number of ketones is 1. The van der Waals surface area contributed by atoms with Gasteiger partial charge in [-0.25, -0.2) is 0 Å². The Morgan fingerprint density at radius 2 is 2.05 bits per heavy atom. The molecule has 0 saturated heterocycles. The van der Waals surface area contributed by atoms with E-state index in [9.17, 15) is 9.90 Å². The molecule has 1 aliphatic rings. The Morgan fingerprint density at radius 1 is 1.32 bits per heavy atom. The molecule has 1 saturated carbocycles. The summed E-state index contributed by atoms with van der Waals surface area (Å²) in [5.74, 6) is -0.154. The van der Waals surface area contributed by atoms with E-state index in [-0.39, 0.29) is 5.78 Å². The van der Waals surface area contributed by atoms with Crippen molar-refractivity contribution in [3.8, 4) is 0 Å². The molecule has 0 heterocycles.